The van der Waals surface area contributed by atoms with E-state index in [1.807, 2.05) is 25.1 Å². The van der Waals surface area contributed by atoms with Crippen LogP contribution < -0.4 is 11.2 Å². The van der Waals surface area contributed by atoms with Crippen molar-refractivity contribution in [2.45, 2.75) is 13.8 Å². The Hall–Kier alpha value is -3.37. The normalized spacial score (nSPS) is 12.9. The predicted molar refractivity (Wildman–Crippen MR) is 147 cm³/mol. The third-order valence-corrected chi connectivity index (χ3v) is 5.95. The maximum absolute atomic E-state index is 6.44. The molecule has 0 atom stereocenters. The zero-order valence-electron chi connectivity index (χ0n) is 18.7. The molecule has 4 aromatic rings. The number of aryl methyl sites for hydroxylation is 1. The minimum Gasteiger partial charge on any atom is -0.383 e. The second-order valence-corrected chi connectivity index (χ2v) is 8.89. The van der Waals surface area contributed by atoms with E-state index in [2.05, 4.69) is 102 Å². The molecule has 0 fully saturated rings. The first kappa shape index (κ1) is 22.8. The number of nitrogens with two attached hydrogens (primary N) is 1. The SMILES string of the molecule is [B]c1cc(Br)cc(C(N)=N/C(=C\C(=C/C)c2ccc3ccccc3c2)c2ccc(C)cc2)c1. The minimum absolute atomic E-state index is 0.406. The molecule has 0 bridgehead atoms. The molecule has 0 heterocycles. The third-order valence-electron chi connectivity index (χ3n) is 5.49. The van der Waals surface area contributed by atoms with E-state index in [0.29, 0.717) is 11.3 Å². The molecular formula is C29H24BBrN2. The van der Waals surface area contributed by atoms with Crippen LogP contribution in [0, 0.1) is 6.92 Å². The van der Waals surface area contributed by atoms with Crippen LogP contribution in [0.15, 0.2) is 107 Å². The number of nitrogens with zero attached hydrogens (tertiary/aromatic N) is 1. The number of benzene rings is 4. The first-order valence-corrected chi connectivity index (χ1v) is 11.6. The molecule has 2 N–H and O–H groups in total. The number of allylic oxidation sites excluding steroid dienone is 3. The van der Waals surface area contributed by atoms with Gasteiger partial charge in [-0.25, -0.2) is 4.99 Å². The van der Waals surface area contributed by atoms with Gasteiger partial charge in [0.25, 0.3) is 0 Å². The zero-order chi connectivity index (χ0) is 23.4. The Morgan fingerprint density at radius 1 is 0.848 bits per heavy atom. The van der Waals surface area contributed by atoms with E-state index in [4.69, 9.17) is 18.6 Å². The number of halogens is 1. The summed E-state index contributed by atoms with van der Waals surface area (Å²) in [4.78, 5) is 4.84. The largest absolute Gasteiger partial charge is 0.383 e. The number of hydrogen-bond acceptors (Lipinski definition) is 1. The van der Waals surface area contributed by atoms with E-state index in [1.165, 1.54) is 16.3 Å². The van der Waals surface area contributed by atoms with Crippen LogP contribution in [-0.4, -0.2) is 13.7 Å². The Kier molecular flexibility index (Phi) is 6.95. The van der Waals surface area contributed by atoms with Crippen molar-refractivity contribution in [2.24, 2.45) is 10.7 Å². The topological polar surface area (TPSA) is 38.4 Å². The number of aliphatic imine (C=N–C) groups is 1. The van der Waals surface area contributed by atoms with Gasteiger partial charge in [0.15, 0.2) is 0 Å². The van der Waals surface area contributed by atoms with Gasteiger partial charge in [0.2, 0.25) is 0 Å². The molecule has 4 rings (SSSR count). The fourth-order valence-electron chi connectivity index (χ4n) is 3.71. The predicted octanol–water partition coefficient (Wildman–Crippen LogP) is 6.55. The van der Waals surface area contributed by atoms with Crippen LogP contribution in [0.1, 0.15) is 29.2 Å². The van der Waals surface area contributed by atoms with Crippen molar-refractivity contribution in [1.82, 2.24) is 0 Å². The lowest BCUT2D eigenvalue weighted by Crippen LogP contribution is -2.16. The van der Waals surface area contributed by atoms with Crippen molar-refractivity contribution in [2.75, 3.05) is 0 Å². The quantitative estimate of drug-likeness (QED) is 0.146. The lowest BCUT2D eigenvalue weighted by Gasteiger charge is -2.10. The minimum atomic E-state index is 0.406. The second kappa shape index (κ2) is 10.1. The van der Waals surface area contributed by atoms with Crippen molar-refractivity contribution in [3.05, 3.63) is 124 Å². The summed E-state index contributed by atoms with van der Waals surface area (Å²) in [5, 5.41) is 2.42. The Labute approximate surface area is 205 Å². The molecule has 0 aromatic heterocycles. The van der Waals surface area contributed by atoms with E-state index in [1.54, 1.807) is 0 Å². The van der Waals surface area contributed by atoms with Crippen LogP contribution >= 0.6 is 15.9 Å². The lowest BCUT2D eigenvalue weighted by atomic mass is 9.94. The molecule has 0 aliphatic heterocycles. The summed E-state index contributed by atoms with van der Waals surface area (Å²) in [5.41, 5.74) is 13.0. The van der Waals surface area contributed by atoms with Gasteiger partial charge >= 0.3 is 0 Å². The maximum Gasteiger partial charge on any atom is 0.131 e. The van der Waals surface area contributed by atoms with Gasteiger partial charge in [-0.15, -0.1) is 0 Å². The fraction of sp³-hybridized carbons (Fsp3) is 0.0690. The molecule has 4 heteroatoms. The van der Waals surface area contributed by atoms with E-state index in [9.17, 15) is 0 Å². The highest BCUT2D eigenvalue weighted by Crippen LogP contribution is 2.27. The van der Waals surface area contributed by atoms with Crippen molar-refractivity contribution in [1.29, 1.82) is 0 Å². The van der Waals surface area contributed by atoms with Gasteiger partial charge in [-0.3, -0.25) is 0 Å². The Balaban J connectivity index is 1.82. The first-order valence-electron chi connectivity index (χ1n) is 10.8. The molecule has 0 saturated heterocycles. The summed E-state index contributed by atoms with van der Waals surface area (Å²) in [6.45, 7) is 4.11. The highest BCUT2D eigenvalue weighted by Gasteiger charge is 2.08. The van der Waals surface area contributed by atoms with Crippen LogP contribution in [0.4, 0.5) is 0 Å². The van der Waals surface area contributed by atoms with Crippen LogP contribution in [0.2, 0.25) is 0 Å². The standard InChI is InChI=1S/C29H24BBrN2/c1-3-20(24-13-12-21-6-4-5-7-23(21)14-24)17-28(22-10-8-19(2)9-11-22)33-29(32)25-15-26(30)18-27(31)16-25/h3-18H,1-2H3,(H2,32,33)/b20-3+,28-17-. The number of amidine groups is 1. The average Bonchev–Trinajstić information content (AvgIpc) is 2.81. The van der Waals surface area contributed by atoms with Gasteiger partial charge in [-0.2, -0.15) is 0 Å². The third kappa shape index (κ3) is 5.53. The summed E-state index contributed by atoms with van der Waals surface area (Å²) < 4.78 is 0.863. The number of fused-ring (bicyclic) bond motifs is 1. The fourth-order valence-corrected chi connectivity index (χ4v) is 4.22. The summed E-state index contributed by atoms with van der Waals surface area (Å²) >= 11 is 3.49. The van der Waals surface area contributed by atoms with E-state index < -0.39 is 0 Å². The van der Waals surface area contributed by atoms with Gasteiger partial charge in [0.05, 0.1) is 5.70 Å². The number of hydrogen-bond donors (Lipinski definition) is 1. The average molecular weight is 491 g/mol. The van der Waals surface area contributed by atoms with Gasteiger partial charge in [0.1, 0.15) is 13.7 Å². The maximum atomic E-state index is 6.44. The highest BCUT2D eigenvalue weighted by atomic mass is 79.9. The Bertz CT molecular complexity index is 1380. The smallest absolute Gasteiger partial charge is 0.131 e. The highest BCUT2D eigenvalue weighted by molar-refractivity contribution is 9.10. The van der Waals surface area contributed by atoms with Gasteiger partial charge in [-0.1, -0.05) is 106 Å². The molecule has 0 saturated carbocycles. The molecule has 0 aliphatic carbocycles. The summed E-state index contributed by atoms with van der Waals surface area (Å²) in [6.07, 6.45) is 4.18. The van der Waals surface area contributed by atoms with Crippen molar-refractivity contribution >= 4 is 57.1 Å². The Morgan fingerprint density at radius 2 is 1.55 bits per heavy atom. The van der Waals surface area contributed by atoms with Crippen LogP contribution in [-0.2, 0) is 0 Å². The molecule has 0 amide bonds. The monoisotopic (exact) mass is 490 g/mol. The summed E-state index contributed by atoms with van der Waals surface area (Å²) in [5.74, 6) is 0.406. The van der Waals surface area contributed by atoms with E-state index >= 15 is 0 Å². The molecule has 2 radical (unpaired) electrons. The summed E-state index contributed by atoms with van der Waals surface area (Å²) in [7, 11) is 6.02. The summed E-state index contributed by atoms with van der Waals surface area (Å²) in [6, 6.07) is 28.7. The van der Waals surface area contributed by atoms with Crippen LogP contribution in [0.25, 0.3) is 22.0 Å². The van der Waals surface area contributed by atoms with Crippen LogP contribution in [0.3, 0.4) is 0 Å². The molecule has 0 unspecified atom stereocenters. The van der Waals surface area contributed by atoms with Gasteiger partial charge in [-0.05, 0) is 54.0 Å². The molecule has 0 spiro atoms. The number of rotatable bonds is 5. The van der Waals surface area contributed by atoms with E-state index in [0.717, 1.165) is 32.4 Å². The molecule has 0 aliphatic rings. The molecular weight excluding hydrogens is 467 g/mol. The van der Waals surface area contributed by atoms with Crippen LogP contribution in [0.5, 0.6) is 0 Å². The molecule has 2 nitrogen and oxygen atoms in total. The molecule has 4 aromatic carbocycles. The lowest BCUT2D eigenvalue weighted by molar-refractivity contribution is 1.41. The second-order valence-electron chi connectivity index (χ2n) is 7.97. The van der Waals surface area contributed by atoms with Gasteiger partial charge in [0, 0.05) is 15.6 Å². The van der Waals surface area contributed by atoms with Crippen molar-refractivity contribution in [3.63, 3.8) is 0 Å². The Morgan fingerprint density at radius 3 is 2.24 bits per heavy atom. The molecule has 33 heavy (non-hydrogen) atoms. The van der Waals surface area contributed by atoms with Gasteiger partial charge < -0.3 is 5.73 Å². The molecule has 160 valence electrons. The van der Waals surface area contributed by atoms with E-state index in [-0.39, 0.29) is 0 Å². The van der Waals surface area contributed by atoms with Crippen molar-refractivity contribution in [3.8, 4) is 0 Å². The van der Waals surface area contributed by atoms with Crippen molar-refractivity contribution < 1.29 is 0 Å². The zero-order valence-corrected chi connectivity index (χ0v) is 20.3. The first-order chi connectivity index (χ1) is 15.9.